The van der Waals surface area contributed by atoms with Crippen LogP contribution in [0, 0.1) is 0 Å². The van der Waals surface area contributed by atoms with Gasteiger partial charge in [0.15, 0.2) is 6.10 Å². The lowest BCUT2D eigenvalue weighted by Gasteiger charge is -2.18. The molecular formula is C77H134O6. The van der Waals surface area contributed by atoms with E-state index in [0.717, 1.165) is 116 Å². The summed E-state index contributed by atoms with van der Waals surface area (Å²) in [6.07, 6.45) is 95.8. The molecule has 0 aromatic carbocycles. The van der Waals surface area contributed by atoms with Crippen LogP contribution in [0.1, 0.15) is 355 Å². The summed E-state index contributed by atoms with van der Waals surface area (Å²) >= 11 is 0. The maximum Gasteiger partial charge on any atom is 0.306 e. The number of carbonyl (C=O) groups excluding carboxylic acids is 3. The minimum atomic E-state index is -0.784. The maximum atomic E-state index is 12.9. The van der Waals surface area contributed by atoms with E-state index in [1.807, 2.05) is 0 Å². The molecule has 0 N–H and O–H groups in total. The van der Waals surface area contributed by atoms with Gasteiger partial charge in [-0.2, -0.15) is 0 Å². The Morgan fingerprint density at radius 2 is 0.470 bits per heavy atom. The van der Waals surface area contributed by atoms with Gasteiger partial charge in [-0.25, -0.2) is 0 Å². The Morgan fingerprint density at radius 3 is 0.735 bits per heavy atom. The number of hydrogen-bond donors (Lipinski definition) is 0. The topological polar surface area (TPSA) is 78.9 Å². The third kappa shape index (κ3) is 69.0. The second-order valence-electron chi connectivity index (χ2n) is 23.8. The van der Waals surface area contributed by atoms with Crippen LogP contribution < -0.4 is 0 Å². The van der Waals surface area contributed by atoms with Crippen LogP contribution in [0.3, 0.4) is 0 Å². The van der Waals surface area contributed by atoms with Crippen molar-refractivity contribution in [1.82, 2.24) is 0 Å². The van der Waals surface area contributed by atoms with Crippen molar-refractivity contribution < 1.29 is 28.6 Å². The van der Waals surface area contributed by atoms with Gasteiger partial charge in [0, 0.05) is 19.3 Å². The van der Waals surface area contributed by atoms with Crippen molar-refractivity contribution in [3.05, 3.63) is 97.2 Å². The summed E-state index contributed by atoms with van der Waals surface area (Å²) in [6.45, 7) is 6.55. The molecule has 6 nitrogen and oxygen atoms in total. The second kappa shape index (κ2) is 70.8. The monoisotopic (exact) mass is 1160 g/mol. The Balaban J connectivity index is 4.25. The van der Waals surface area contributed by atoms with Gasteiger partial charge in [-0.1, -0.05) is 330 Å². The van der Waals surface area contributed by atoms with E-state index >= 15 is 0 Å². The first kappa shape index (κ1) is 79.3. The SMILES string of the molecule is CC/C=C\C/C=C\C/C=C\C/C=C\C/C=C\CCCCCCCCCCCCCCCCCC(=O)OCC(COC(=O)CCCCCCCCCCCCCCC)OC(=O)CCCCCCCC/C=C\C/C=C\C/C=C\CCCCCCC. The molecule has 0 aromatic rings. The van der Waals surface area contributed by atoms with Gasteiger partial charge in [0.25, 0.3) is 0 Å². The molecule has 0 aliphatic carbocycles. The van der Waals surface area contributed by atoms with Crippen molar-refractivity contribution >= 4 is 17.9 Å². The van der Waals surface area contributed by atoms with E-state index in [4.69, 9.17) is 14.2 Å². The molecule has 0 aromatic heterocycles. The van der Waals surface area contributed by atoms with Crippen LogP contribution in [-0.4, -0.2) is 37.2 Å². The van der Waals surface area contributed by atoms with E-state index < -0.39 is 6.10 Å². The highest BCUT2D eigenvalue weighted by atomic mass is 16.6. The fraction of sp³-hybridized carbons (Fsp3) is 0.753. The molecule has 6 heteroatoms. The third-order valence-corrected chi connectivity index (χ3v) is 15.6. The average Bonchev–Trinajstić information content (AvgIpc) is 3.49. The van der Waals surface area contributed by atoms with Gasteiger partial charge in [-0.05, 0) is 103 Å². The first-order valence-corrected chi connectivity index (χ1v) is 35.7. The highest BCUT2D eigenvalue weighted by molar-refractivity contribution is 5.71. The molecule has 0 aliphatic rings. The van der Waals surface area contributed by atoms with E-state index in [-0.39, 0.29) is 31.1 Å². The normalized spacial score (nSPS) is 12.7. The molecular weight excluding hydrogens is 1020 g/mol. The van der Waals surface area contributed by atoms with Gasteiger partial charge in [0.05, 0.1) is 0 Å². The molecule has 0 bridgehead atoms. The predicted octanol–water partition coefficient (Wildman–Crippen LogP) is 24.8. The zero-order valence-electron chi connectivity index (χ0n) is 54.9. The summed E-state index contributed by atoms with van der Waals surface area (Å²) in [4.78, 5) is 38.4. The Bertz CT molecular complexity index is 1610. The molecule has 0 rings (SSSR count). The predicted molar refractivity (Wildman–Crippen MR) is 362 cm³/mol. The van der Waals surface area contributed by atoms with Crippen molar-refractivity contribution in [3.63, 3.8) is 0 Å². The number of unbranched alkanes of at least 4 members (excludes halogenated alkanes) is 38. The van der Waals surface area contributed by atoms with Crippen molar-refractivity contribution in [1.29, 1.82) is 0 Å². The van der Waals surface area contributed by atoms with Crippen LogP contribution in [0.25, 0.3) is 0 Å². The molecule has 0 aliphatic heterocycles. The standard InChI is InChI=1S/C77H134O6/c1-4-7-10-13-16-19-22-25-27-29-31-33-34-35-36-37-38-39-40-41-42-44-45-47-49-52-55-58-61-64-67-70-76(79)82-73-74(72-81-75(78)69-66-63-60-57-54-51-24-21-18-15-12-9-6-3)83-77(80)71-68-65-62-59-56-53-50-48-46-43-32-30-28-26-23-20-17-14-11-8-5-2/h7,10,16,19,23,25-27,30-33,35-36,46,48,74H,4-6,8-9,11-15,17-18,20-22,24,28-29,34,37-45,47,49-73H2,1-3H3/b10-7-,19-16-,26-23-,27-25-,32-30-,33-31-,36-35-,48-46-. The van der Waals surface area contributed by atoms with Gasteiger partial charge >= 0.3 is 17.9 Å². The molecule has 0 fully saturated rings. The zero-order chi connectivity index (χ0) is 59.9. The molecule has 0 heterocycles. The minimum Gasteiger partial charge on any atom is -0.462 e. The highest BCUT2D eigenvalue weighted by Crippen LogP contribution is 2.17. The first-order valence-electron chi connectivity index (χ1n) is 35.7. The van der Waals surface area contributed by atoms with Gasteiger partial charge in [0.1, 0.15) is 13.2 Å². The molecule has 0 spiro atoms. The zero-order valence-corrected chi connectivity index (χ0v) is 54.9. The summed E-state index contributed by atoms with van der Waals surface area (Å²) in [5.74, 6) is -0.873. The molecule has 0 saturated heterocycles. The number of allylic oxidation sites excluding steroid dienone is 16. The molecule has 1 unspecified atom stereocenters. The number of carbonyl (C=O) groups is 3. The summed E-state index contributed by atoms with van der Waals surface area (Å²) < 4.78 is 17.0. The number of ether oxygens (including phenoxy) is 3. The van der Waals surface area contributed by atoms with Crippen LogP contribution in [0.4, 0.5) is 0 Å². The molecule has 0 radical (unpaired) electrons. The summed E-state index contributed by atoms with van der Waals surface area (Å²) in [7, 11) is 0. The molecule has 0 amide bonds. The fourth-order valence-corrected chi connectivity index (χ4v) is 10.2. The average molecular weight is 1160 g/mol. The summed E-state index contributed by atoms with van der Waals surface area (Å²) in [5.41, 5.74) is 0. The summed E-state index contributed by atoms with van der Waals surface area (Å²) in [5, 5.41) is 0. The van der Waals surface area contributed by atoms with Crippen LogP contribution >= 0.6 is 0 Å². The first-order chi connectivity index (χ1) is 41.0. The highest BCUT2D eigenvalue weighted by Gasteiger charge is 2.19. The van der Waals surface area contributed by atoms with Crippen molar-refractivity contribution in [2.45, 2.75) is 361 Å². The second-order valence-corrected chi connectivity index (χ2v) is 23.8. The number of esters is 3. The van der Waals surface area contributed by atoms with Crippen LogP contribution in [0.15, 0.2) is 97.2 Å². The lowest BCUT2D eigenvalue weighted by Crippen LogP contribution is -2.30. The van der Waals surface area contributed by atoms with E-state index in [0.29, 0.717) is 19.3 Å². The van der Waals surface area contributed by atoms with Crippen LogP contribution in [0.5, 0.6) is 0 Å². The van der Waals surface area contributed by atoms with E-state index in [2.05, 4.69) is 118 Å². The number of rotatable bonds is 65. The minimum absolute atomic E-state index is 0.0782. The molecule has 0 saturated carbocycles. The Hall–Kier alpha value is -3.67. The van der Waals surface area contributed by atoms with Gasteiger partial charge < -0.3 is 14.2 Å². The Morgan fingerprint density at radius 1 is 0.253 bits per heavy atom. The largest absolute Gasteiger partial charge is 0.462 e. The molecule has 1 atom stereocenters. The van der Waals surface area contributed by atoms with Crippen molar-refractivity contribution in [2.24, 2.45) is 0 Å². The van der Waals surface area contributed by atoms with Crippen LogP contribution in [0.2, 0.25) is 0 Å². The van der Waals surface area contributed by atoms with Gasteiger partial charge in [-0.15, -0.1) is 0 Å². The lowest BCUT2D eigenvalue weighted by atomic mass is 10.0. The van der Waals surface area contributed by atoms with Crippen molar-refractivity contribution in [3.8, 4) is 0 Å². The van der Waals surface area contributed by atoms with E-state index in [1.165, 1.54) is 199 Å². The van der Waals surface area contributed by atoms with Crippen LogP contribution in [-0.2, 0) is 28.6 Å². The van der Waals surface area contributed by atoms with E-state index in [1.54, 1.807) is 0 Å². The smallest absolute Gasteiger partial charge is 0.306 e. The van der Waals surface area contributed by atoms with Gasteiger partial charge in [0.2, 0.25) is 0 Å². The maximum absolute atomic E-state index is 12.9. The van der Waals surface area contributed by atoms with E-state index in [9.17, 15) is 14.4 Å². The Labute approximate surface area is 515 Å². The summed E-state index contributed by atoms with van der Waals surface area (Å²) in [6, 6.07) is 0. The third-order valence-electron chi connectivity index (χ3n) is 15.6. The lowest BCUT2D eigenvalue weighted by molar-refractivity contribution is -0.167. The number of hydrogen-bond acceptors (Lipinski definition) is 6. The molecule has 478 valence electrons. The van der Waals surface area contributed by atoms with Gasteiger partial charge in [-0.3, -0.25) is 14.4 Å². The molecule has 83 heavy (non-hydrogen) atoms. The Kier molecular flexibility index (Phi) is 67.7. The fourth-order valence-electron chi connectivity index (χ4n) is 10.2. The van der Waals surface area contributed by atoms with Crippen molar-refractivity contribution in [2.75, 3.05) is 13.2 Å². The quantitative estimate of drug-likeness (QED) is 0.0261.